The van der Waals surface area contributed by atoms with E-state index < -0.39 is 35.9 Å². The molecular weight excluding hydrogens is 556 g/mol. The third-order valence-electron chi connectivity index (χ3n) is 6.36. The Kier molecular flexibility index (Phi) is 15.2. The number of amides is 2. The topological polar surface area (TPSA) is 223 Å². The predicted octanol–water partition coefficient (Wildman–Crippen LogP) is 0.154. The maximum Gasteiger partial charge on any atom is 0.328 e. The monoisotopic (exact) mass is 599 g/mol. The molecule has 43 heavy (non-hydrogen) atoms. The van der Waals surface area contributed by atoms with Gasteiger partial charge in [0.1, 0.15) is 12.1 Å². The minimum atomic E-state index is -0.989. The van der Waals surface area contributed by atoms with Crippen LogP contribution < -0.4 is 33.5 Å². The van der Waals surface area contributed by atoms with Gasteiger partial charge in [-0.2, -0.15) is 5.90 Å². The summed E-state index contributed by atoms with van der Waals surface area (Å²) in [7, 11) is 1.25. The van der Waals surface area contributed by atoms with Crippen LogP contribution in [0.4, 0.5) is 0 Å². The summed E-state index contributed by atoms with van der Waals surface area (Å²) in [6.07, 6.45) is 2.92. The minimum absolute atomic E-state index is 0.0920. The van der Waals surface area contributed by atoms with E-state index in [0.29, 0.717) is 12.8 Å². The maximum atomic E-state index is 13.5. The van der Waals surface area contributed by atoms with E-state index in [2.05, 4.69) is 41.8 Å². The molecule has 234 valence electrons. The summed E-state index contributed by atoms with van der Waals surface area (Å²) < 4.78 is 4.97. The molecule has 3 aromatic rings. The van der Waals surface area contributed by atoms with Gasteiger partial charge in [-0.1, -0.05) is 67.4 Å². The van der Waals surface area contributed by atoms with Gasteiger partial charge in [-0.05, 0) is 30.0 Å². The van der Waals surface area contributed by atoms with Gasteiger partial charge in [0.2, 0.25) is 11.9 Å². The number of methoxy groups -OCH3 is 1. The van der Waals surface area contributed by atoms with Crippen LogP contribution in [0.15, 0.2) is 65.8 Å². The van der Waals surface area contributed by atoms with Gasteiger partial charge in [-0.3, -0.25) is 14.6 Å². The summed E-state index contributed by atoms with van der Waals surface area (Å²) in [4.78, 5) is 54.6. The number of hydrogen-bond donors (Lipinski definition) is 7. The van der Waals surface area contributed by atoms with E-state index in [1.807, 2.05) is 68.4 Å². The second-order valence-corrected chi connectivity index (χ2v) is 9.29. The summed E-state index contributed by atoms with van der Waals surface area (Å²) in [5.41, 5.74) is 14.4. The van der Waals surface area contributed by atoms with Crippen LogP contribution in [-0.2, 0) is 41.9 Å². The normalized spacial score (nSPS) is 13.2. The number of hydrogen-bond acceptors (Lipinski definition) is 8. The Morgan fingerprint density at radius 3 is 2.35 bits per heavy atom. The lowest BCUT2D eigenvalue weighted by molar-refractivity contribution is -0.403. The fraction of sp³-hybridized carbons (Fsp3) is 0.379. The molecule has 0 saturated heterocycles. The SMILES string of the molecule is CC.COC(=O)[C@H](Cc1c[nH]c2ccccc12)NC(=O)[C@H](CCCN=C(N)NOON)NC(=O)[C@H]([NH3+])Cc1ccccc1. The third-order valence-corrected chi connectivity index (χ3v) is 6.36. The molecule has 14 heteroatoms. The number of para-hydroxylation sites is 1. The van der Waals surface area contributed by atoms with Crippen LogP contribution in [0.2, 0.25) is 0 Å². The third kappa shape index (κ3) is 11.4. The Morgan fingerprint density at radius 1 is 0.977 bits per heavy atom. The molecule has 3 atom stereocenters. The van der Waals surface area contributed by atoms with Crippen LogP contribution >= 0.6 is 0 Å². The first-order valence-electron chi connectivity index (χ1n) is 14.0. The van der Waals surface area contributed by atoms with Gasteiger partial charge in [-0.25, -0.2) is 10.3 Å². The van der Waals surface area contributed by atoms with Crippen LogP contribution in [0.1, 0.15) is 37.8 Å². The number of aromatic amines is 1. The van der Waals surface area contributed by atoms with Gasteiger partial charge in [0.25, 0.3) is 5.91 Å². The number of benzene rings is 2. The van der Waals surface area contributed by atoms with E-state index in [-0.39, 0.29) is 25.3 Å². The van der Waals surface area contributed by atoms with Crippen LogP contribution in [0.3, 0.4) is 0 Å². The first-order chi connectivity index (χ1) is 20.8. The molecular formula is C29H43N8O6+. The number of nitrogens with zero attached hydrogens (tertiary/aromatic N) is 1. The summed E-state index contributed by atoms with van der Waals surface area (Å²) in [5, 5.41) is 6.46. The molecule has 11 N–H and O–H groups in total. The largest absolute Gasteiger partial charge is 0.467 e. The highest BCUT2D eigenvalue weighted by Crippen LogP contribution is 2.19. The van der Waals surface area contributed by atoms with Crippen LogP contribution in [0.25, 0.3) is 10.9 Å². The average Bonchev–Trinajstić information content (AvgIpc) is 3.44. The van der Waals surface area contributed by atoms with Crippen LogP contribution in [-0.4, -0.2) is 60.5 Å². The number of carbonyl (C=O) groups excluding carboxylic acids is 3. The number of aromatic nitrogens is 1. The van der Waals surface area contributed by atoms with Crippen molar-refractivity contribution in [3.8, 4) is 0 Å². The van der Waals surface area contributed by atoms with E-state index in [4.69, 9.17) is 16.4 Å². The highest BCUT2D eigenvalue weighted by Gasteiger charge is 2.30. The number of esters is 1. The number of guanidine groups is 1. The first-order valence-corrected chi connectivity index (χ1v) is 14.0. The van der Waals surface area contributed by atoms with E-state index >= 15 is 0 Å². The highest BCUT2D eigenvalue weighted by molar-refractivity contribution is 5.92. The van der Waals surface area contributed by atoms with Crippen molar-refractivity contribution in [3.63, 3.8) is 0 Å². The second-order valence-electron chi connectivity index (χ2n) is 9.29. The van der Waals surface area contributed by atoms with Gasteiger partial charge in [0.15, 0.2) is 6.04 Å². The van der Waals surface area contributed by atoms with Crippen LogP contribution in [0.5, 0.6) is 0 Å². The molecule has 0 saturated carbocycles. The first kappa shape index (κ1) is 34.7. The fourth-order valence-electron chi connectivity index (χ4n) is 4.27. The summed E-state index contributed by atoms with van der Waals surface area (Å²) in [6.45, 7) is 4.19. The van der Waals surface area contributed by atoms with Crippen molar-refractivity contribution in [1.29, 1.82) is 0 Å². The van der Waals surface area contributed by atoms with Crippen LogP contribution in [0, 0.1) is 0 Å². The lowest BCUT2D eigenvalue weighted by atomic mass is 10.0. The molecule has 0 aliphatic heterocycles. The minimum Gasteiger partial charge on any atom is -0.467 e. The van der Waals surface area contributed by atoms with Crippen molar-refractivity contribution in [1.82, 2.24) is 21.1 Å². The molecule has 14 nitrogen and oxygen atoms in total. The zero-order valence-corrected chi connectivity index (χ0v) is 24.8. The van der Waals surface area contributed by atoms with Crippen molar-refractivity contribution in [2.45, 2.75) is 57.7 Å². The van der Waals surface area contributed by atoms with Crippen molar-refractivity contribution >= 4 is 34.6 Å². The van der Waals surface area contributed by atoms with E-state index in [1.165, 1.54) is 7.11 Å². The fourth-order valence-corrected chi connectivity index (χ4v) is 4.27. The molecule has 0 radical (unpaired) electrons. The summed E-state index contributed by atoms with van der Waals surface area (Å²) in [6, 6.07) is 14.4. The number of ether oxygens (including phenoxy) is 1. The molecule has 2 amide bonds. The molecule has 1 aromatic heterocycles. The van der Waals surface area contributed by atoms with Crippen molar-refractivity contribution < 1.29 is 34.8 Å². The number of quaternary nitrogens is 1. The van der Waals surface area contributed by atoms with E-state index in [9.17, 15) is 14.4 Å². The smallest absolute Gasteiger partial charge is 0.328 e. The highest BCUT2D eigenvalue weighted by atomic mass is 17.3. The molecule has 0 aliphatic rings. The summed E-state index contributed by atoms with van der Waals surface area (Å²) in [5.74, 6) is 3.09. The van der Waals surface area contributed by atoms with Gasteiger partial charge in [-0.15, -0.1) is 4.99 Å². The van der Waals surface area contributed by atoms with E-state index in [1.54, 1.807) is 6.20 Å². The zero-order chi connectivity index (χ0) is 31.6. The number of carbonyl (C=O) groups is 3. The maximum absolute atomic E-state index is 13.5. The molecule has 0 aliphatic carbocycles. The lowest BCUT2D eigenvalue weighted by Crippen LogP contribution is -2.70. The number of fused-ring (bicyclic) bond motifs is 1. The number of nitrogens with two attached hydrogens (primary N) is 2. The Labute approximate surface area is 250 Å². The number of rotatable bonds is 15. The number of nitrogens with one attached hydrogen (secondary N) is 4. The van der Waals surface area contributed by atoms with Crippen molar-refractivity contribution in [3.05, 3.63) is 71.9 Å². The van der Waals surface area contributed by atoms with Gasteiger partial charge in [0.05, 0.1) is 7.11 Å². The Morgan fingerprint density at radius 2 is 1.65 bits per heavy atom. The van der Waals surface area contributed by atoms with Crippen molar-refractivity contribution in [2.24, 2.45) is 16.6 Å². The predicted molar refractivity (Wildman–Crippen MR) is 161 cm³/mol. The standard InChI is InChI=1S/C27H36N8O6.C2H6/c1-39-26(38)23(15-18-16-32-21-11-6-5-10-19(18)21)34-25(37)22(12-7-13-31-27(29)35-41-40-30)33-24(36)20(28)14-17-8-3-2-4-9-17;1-2/h2-6,8-11,16,20,22-23,32H,7,12-15,28,30H2,1H3,(H,33,36)(H,34,37)(H3,29,31,35);1-2H3/p+1/t20-,22+,23+;/m1./s1. The number of aliphatic imine (C=N–C) groups is 1. The lowest BCUT2D eigenvalue weighted by Gasteiger charge is -2.23. The molecule has 0 spiro atoms. The molecule has 0 unspecified atom stereocenters. The molecule has 0 bridgehead atoms. The quantitative estimate of drug-likeness (QED) is 0.0315. The van der Waals surface area contributed by atoms with Crippen molar-refractivity contribution in [2.75, 3.05) is 13.7 Å². The number of hydroxylamine groups is 1. The molecule has 1 heterocycles. The molecule has 3 rings (SSSR count). The number of H-pyrrole nitrogens is 1. The Bertz CT molecular complexity index is 1320. The van der Waals surface area contributed by atoms with Gasteiger partial charge in [0, 0.05) is 36.5 Å². The second kappa shape index (κ2) is 18.8. The average molecular weight is 600 g/mol. The molecule has 2 aromatic carbocycles. The van der Waals surface area contributed by atoms with Gasteiger partial charge < -0.3 is 31.8 Å². The zero-order valence-electron chi connectivity index (χ0n) is 24.8. The Hall–Kier alpha value is -4.50. The van der Waals surface area contributed by atoms with E-state index in [0.717, 1.165) is 22.0 Å². The summed E-state index contributed by atoms with van der Waals surface area (Å²) >= 11 is 0. The Balaban J connectivity index is 0.00000316. The molecule has 0 fully saturated rings. The van der Waals surface area contributed by atoms with Gasteiger partial charge >= 0.3 is 5.97 Å².